The molecule has 0 bridgehead atoms. The van der Waals surface area contributed by atoms with Crippen LogP contribution in [0.2, 0.25) is 0 Å². The average Bonchev–Trinajstić information content (AvgIpc) is 2.43. The van der Waals surface area contributed by atoms with E-state index in [4.69, 9.17) is 12.2 Å². The molecular formula is C10H9BrN2S. The topological polar surface area (TPSA) is 20.7 Å². The van der Waals surface area contributed by atoms with Crippen molar-refractivity contribution in [3.63, 3.8) is 0 Å². The molecule has 2 rings (SSSR count). The third-order valence-corrected chi connectivity index (χ3v) is 2.86. The Morgan fingerprint density at radius 1 is 1.57 bits per heavy atom. The van der Waals surface area contributed by atoms with Crippen LogP contribution in [0, 0.1) is 4.77 Å². The summed E-state index contributed by atoms with van der Waals surface area (Å²) >= 11 is 8.63. The summed E-state index contributed by atoms with van der Waals surface area (Å²) in [6, 6.07) is 6.06. The zero-order chi connectivity index (χ0) is 10.1. The number of aromatic nitrogens is 2. The van der Waals surface area contributed by atoms with E-state index in [1.54, 1.807) is 0 Å². The number of fused-ring (bicyclic) bond motifs is 1. The van der Waals surface area contributed by atoms with Crippen molar-refractivity contribution in [1.82, 2.24) is 9.55 Å². The second kappa shape index (κ2) is 3.71. The van der Waals surface area contributed by atoms with Crippen molar-refractivity contribution in [1.29, 1.82) is 0 Å². The summed E-state index contributed by atoms with van der Waals surface area (Å²) in [5, 5.41) is 0. The van der Waals surface area contributed by atoms with Gasteiger partial charge >= 0.3 is 0 Å². The van der Waals surface area contributed by atoms with Crippen molar-refractivity contribution in [3.8, 4) is 0 Å². The molecule has 0 aliphatic carbocycles. The van der Waals surface area contributed by atoms with Gasteiger partial charge in [-0.1, -0.05) is 22.0 Å². The number of aromatic amines is 1. The summed E-state index contributed by atoms with van der Waals surface area (Å²) in [5.74, 6) is 0. The summed E-state index contributed by atoms with van der Waals surface area (Å²) in [7, 11) is 0. The lowest BCUT2D eigenvalue weighted by molar-refractivity contribution is 0.835. The predicted molar refractivity (Wildman–Crippen MR) is 65.0 cm³/mol. The number of nitrogens with one attached hydrogen (secondary N) is 1. The Hall–Kier alpha value is -0.870. The number of nitrogens with zero attached hydrogens (tertiary/aromatic N) is 1. The van der Waals surface area contributed by atoms with Crippen LogP contribution in [0.1, 0.15) is 0 Å². The first-order chi connectivity index (χ1) is 6.72. The Morgan fingerprint density at radius 3 is 3.07 bits per heavy atom. The van der Waals surface area contributed by atoms with Gasteiger partial charge in [0.25, 0.3) is 0 Å². The molecule has 0 saturated heterocycles. The molecule has 1 N–H and O–H groups in total. The number of benzene rings is 1. The fourth-order valence-corrected chi connectivity index (χ4v) is 2.09. The Kier molecular flexibility index (Phi) is 2.56. The van der Waals surface area contributed by atoms with E-state index in [1.807, 2.05) is 28.8 Å². The lowest BCUT2D eigenvalue weighted by Gasteiger charge is -1.98. The second-order valence-electron chi connectivity index (χ2n) is 2.99. The fraction of sp³-hybridized carbons (Fsp3) is 0.100. The summed E-state index contributed by atoms with van der Waals surface area (Å²) in [4.78, 5) is 3.15. The first-order valence-corrected chi connectivity index (χ1v) is 5.41. The van der Waals surface area contributed by atoms with E-state index in [1.165, 1.54) is 0 Å². The molecule has 0 amide bonds. The third kappa shape index (κ3) is 1.55. The maximum Gasteiger partial charge on any atom is 0.178 e. The molecule has 4 heteroatoms. The smallest absolute Gasteiger partial charge is 0.178 e. The Morgan fingerprint density at radius 2 is 2.36 bits per heavy atom. The number of hydrogen-bond donors (Lipinski definition) is 1. The van der Waals surface area contributed by atoms with Crippen LogP contribution in [0.25, 0.3) is 11.0 Å². The van der Waals surface area contributed by atoms with Crippen molar-refractivity contribution < 1.29 is 0 Å². The molecule has 0 radical (unpaired) electrons. The van der Waals surface area contributed by atoms with Gasteiger partial charge in [-0.25, -0.2) is 0 Å². The Labute approximate surface area is 95.4 Å². The van der Waals surface area contributed by atoms with Gasteiger partial charge in [0.15, 0.2) is 4.77 Å². The van der Waals surface area contributed by atoms with Crippen molar-refractivity contribution >= 4 is 39.2 Å². The van der Waals surface area contributed by atoms with Crippen LogP contribution in [-0.2, 0) is 6.54 Å². The van der Waals surface area contributed by atoms with Crippen molar-refractivity contribution in [2.24, 2.45) is 0 Å². The van der Waals surface area contributed by atoms with Crippen LogP contribution in [0.5, 0.6) is 0 Å². The average molecular weight is 269 g/mol. The van der Waals surface area contributed by atoms with E-state index in [0.717, 1.165) is 26.8 Å². The molecule has 1 aromatic heterocycles. The van der Waals surface area contributed by atoms with E-state index in [9.17, 15) is 0 Å². The first kappa shape index (κ1) is 9.68. The van der Waals surface area contributed by atoms with E-state index in [0.29, 0.717) is 0 Å². The molecule has 0 saturated carbocycles. The first-order valence-electron chi connectivity index (χ1n) is 4.21. The maximum atomic E-state index is 5.21. The van der Waals surface area contributed by atoms with Crippen LogP contribution in [0.3, 0.4) is 0 Å². The van der Waals surface area contributed by atoms with Crippen LogP contribution in [-0.4, -0.2) is 9.55 Å². The highest BCUT2D eigenvalue weighted by Gasteiger charge is 2.02. The van der Waals surface area contributed by atoms with Crippen LogP contribution < -0.4 is 0 Å². The van der Waals surface area contributed by atoms with Gasteiger partial charge in [-0.2, -0.15) is 0 Å². The van der Waals surface area contributed by atoms with Gasteiger partial charge < -0.3 is 9.55 Å². The summed E-state index contributed by atoms with van der Waals surface area (Å²) in [6.45, 7) is 4.45. The number of H-pyrrole nitrogens is 1. The molecule has 14 heavy (non-hydrogen) atoms. The molecule has 72 valence electrons. The van der Waals surface area contributed by atoms with Crippen LogP contribution >= 0.6 is 28.1 Å². The van der Waals surface area contributed by atoms with Crippen molar-refractivity contribution in [2.75, 3.05) is 0 Å². The summed E-state index contributed by atoms with van der Waals surface area (Å²) in [6.07, 6.45) is 1.84. The maximum absolute atomic E-state index is 5.21. The molecule has 2 nitrogen and oxygen atoms in total. The minimum absolute atomic E-state index is 0.734. The van der Waals surface area contributed by atoms with Crippen LogP contribution in [0.15, 0.2) is 35.3 Å². The predicted octanol–water partition coefficient (Wildman–Crippen LogP) is 3.65. The molecule has 0 aliphatic rings. The molecule has 1 aromatic carbocycles. The molecule has 0 fully saturated rings. The van der Waals surface area contributed by atoms with Gasteiger partial charge in [0.2, 0.25) is 0 Å². The number of allylic oxidation sites excluding steroid dienone is 1. The SMILES string of the molecule is C=CCn1c(=S)[nH]c2cc(Br)ccc21. The zero-order valence-electron chi connectivity index (χ0n) is 7.46. The quantitative estimate of drug-likeness (QED) is 0.652. The van der Waals surface area contributed by atoms with Gasteiger partial charge in [0.1, 0.15) is 0 Å². The lowest BCUT2D eigenvalue weighted by atomic mass is 10.3. The molecule has 1 heterocycles. The van der Waals surface area contributed by atoms with Crippen molar-refractivity contribution in [2.45, 2.75) is 6.54 Å². The van der Waals surface area contributed by atoms with Crippen LogP contribution in [0.4, 0.5) is 0 Å². The monoisotopic (exact) mass is 268 g/mol. The number of imidazole rings is 1. The molecule has 0 spiro atoms. The van der Waals surface area contributed by atoms with Gasteiger partial charge in [0, 0.05) is 11.0 Å². The summed E-state index contributed by atoms with van der Waals surface area (Å²) in [5.41, 5.74) is 2.16. The normalized spacial score (nSPS) is 10.6. The van der Waals surface area contributed by atoms with E-state index >= 15 is 0 Å². The Bertz CT molecular complexity index is 539. The highest BCUT2D eigenvalue weighted by molar-refractivity contribution is 9.10. The van der Waals surface area contributed by atoms with Crippen molar-refractivity contribution in [3.05, 3.63) is 40.1 Å². The molecule has 0 unspecified atom stereocenters. The highest BCUT2D eigenvalue weighted by Crippen LogP contribution is 2.19. The molecule has 2 aromatic rings. The van der Waals surface area contributed by atoms with E-state index < -0.39 is 0 Å². The number of rotatable bonds is 2. The summed E-state index contributed by atoms with van der Waals surface area (Å²) < 4.78 is 3.80. The Balaban J connectivity index is 2.76. The molecule has 0 atom stereocenters. The second-order valence-corrected chi connectivity index (χ2v) is 4.29. The standard InChI is InChI=1S/C10H9BrN2S/c1-2-5-13-9-4-3-7(11)6-8(9)12-10(13)14/h2-4,6H,1,5H2,(H,12,14). The van der Waals surface area contributed by atoms with Gasteiger partial charge in [-0.15, -0.1) is 6.58 Å². The minimum atomic E-state index is 0.734. The zero-order valence-corrected chi connectivity index (χ0v) is 9.86. The lowest BCUT2D eigenvalue weighted by Crippen LogP contribution is -1.93. The fourth-order valence-electron chi connectivity index (χ4n) is 1.45. The largest absolute Gasteiger partial charge is 0.331 e. The minimum Gasteiger partial charge on any atom is -0.331 e. The number of hydrogen-bond acceptors (Lipinski definition) is 1. The highest BCUT2D eigenvalue weighted by atomic mass is 79.9. The van der Waals surface area contributed by atoms with Gasteiger partial charge in [-0.05, 0) is 30.4 Å². The third-order valence-electron chi connectivity index (χ3n) is 2.05. The molecular weight excluding hydrogens is 260 g/mol. The van der Waals surface area contributed by atoms with Gasteiger partial charge in [-0.3, -0.25) is 0 Å². The molecule has 0 aliphatic heterocycles. The van der Waals surface area contributed by atoms with Gasteiger partial charge in [0.05, 0.1) is 11.0 Å². The van der Waals surface area contributed by atoms with E-state index in [-0.39, 0.29) is 0 Å². The number of halogens is 1. The van der Waals surface area contributed by atoms with E-state index in [2.05, 4.69) is 27.5 Å².